The number of fused-ring (bicyclic) bond motifs is 1. The number of aryl methyl sites for hydroxylation is 1. The van der Waals surface area contributed by atoms with Crippen LogP contribution in [0.2, 0.25) is 0 Å². The van der Waals surface area contributed by atoms with E-state index < -0.39 is 0 Å². The van der Waals surface area contributed by atoms with Gasteiger partial charge < -0.3 is 9.64 Å². The van der Waals surface area contributed by atoms with Crippen LogP contribution in [0.25, 0.3) is 0 Å². The second-order valence-electron chi connectivity index (χ2n) is 5.19. The summed E-state index contributed by atoms with van der Waals surface area (Å²) in [5, 5.41) is 6.37. The summed E-state index contributed by atoms with van der Waals surface area (Å²) < 4.78 is 7.37. The van der Waals surface area contributed by atoms with Gasteiger partial charge in [-0.3, -0.25) is 9.48 Å². The van der Waals surface area contributed by atoms with E-state index in [2.05, 4.69) is 12.0 Å². The average molecular weight is 305 g/mol. The Morgan fingerprint density at radius 1 is 1.57 bits per heavy atom. The molecule has 0 fully saturated rings. The fourth-order valence-electron chi connectivity index (χ4n) is 2.95. The lowest BCUT2D eigenvalue weighted by atomic mass is 9.96. The highest BCUT2D eigenvalue weighted by molar-refractivity contribution is 7.12. The normalized spacial score (nSPS) is 17.8. The van der Waals surface area contributed by atoms with Gasteiger partial charge in [0.15, 0.2) is 0 Å². The van der Waals surface area contributed by atoms with Crippen molar-refractivity contribution in [3.05, 3.63) is 39.8 Å². The first-order chi connectivity index (χ1) is 10.2. The second-order valence-corrected chi connectivity index (χ2v) is 6.13. The van der Waals surface area contributed by atoms with Gasteiger partial charge in [0.1, 0.15) is 0 Å². The third-order valence-corrected chi connectivity index (χ3v) is 4.69. The lowest BCUT2D eigenvalue weighted by molar-refractivity contribution is 0.0680. The second kappa shape index (κ2) is 5.99. The third kappa shape index (κ3) is 2.61. The molecule has 0 saturated carbocycles. The lowest BCUT2D eigenvalue weighted by Gasteiger charge is -2.33. The van der Waals surface area contributed by atoms with Crippen LogP contribution >= 0.6 is 11.3 Å². The molecule has 0 bridgehead atoms. The molecule has 0 radical (unpaired) electrons. The van der Waals surface area contributed by atoms with Crippen LogP contribution in [0.4, 0.5) is 0 Å². The van der Waals surface area contributed by atoms with Crippen molar-refractivity contribution in [3.8, 4) is 0 Å². The molecule has 1 aliphatic rings. The smallest absolute Gasteiger partial charge is 0.264 e. The Morgan fingerprint density at radius 3 is 3.10 bits per heavy atom. The van der Waals surface area contributed by atoms with Crippen molar-refractivity contribution >= 4 is 17.2 Å². The predicted octanol–water partition coefficient (Wildman–Crippen LogP) is 2.35. The van der Waals surface area contributed by atoms with E-state index in [1.165, 1.54) is 17.0 Å². The van der Waals surface area contributed by atoms with E-state index in [-0.39, 0.29) is 11.8 Å². The van der Waals surface area contributed by atoms with E-state index in [4.69, 9.17) is 4.74 Å². The number of methoxy groups -OCH3 is 1. The van der Waals surface area contributed by atoms with Crippen LogP contribution < -0.4 is 0 Å². The number of ether oxygens (including phenoxy) is 1. The van der Waals surface area contributed by atoms with E-state index in [1.54, 1.807) is 7.11 Å². The summed E-state index contributed by atoms with van der Waals surface area (Å²) in [7, 11) is 1.70. The standard InChI is InChI=1S/C15H19N3O2S/c1-3-18-14-11(7-16-18)8-17(9-12(14)10-20-2)15(19)13-5-4-6-21-13/h4-7,12H,3,8-10H2,1-2H3. The maximum Gasteiger partial charge on any atom is 0.264 e. The van der Waals surface area contributed by atoms with Crippen molar-refractivity contribution in [1.82, 2.24) is 14.7 Å². The Morgan fingerprint density at radius 2 is 2.43 bits per heavy atom. The Kier molecular flexibility index (Phi) is 4.07. The monoisotopic (exact) mass is 305 g/mol. The number of aromatic nitrogens is 2. The van der Waals surface area contributed by atoms with Crippen LogP contribution in [0, 0.1) is 0 Å². The topological polar surface area (TPSA) is 47.4 Å². The molecule has 3 rings (SSSR count). The highest BCUT2D eigenvalue weighted by atomic mass is 32.1. The molecule has 0 aromatic carbocycles. The van der Waals surface area contributed by atoms with Crippen molar-refractivity contribution < 1.29 is 9.53 Å². The molecular weight excluding hydrogens is 286 g/mol. The van der Waals surface area contributed by atoms with E-state index in [9.17, 15) is 4.79 Å². The molecule has 21 heavy (non-hydrogen) atoms. The van der Waals surface area contributed by atoms with Crippen molar-refractivity contribution in [1.29, 1.82) is 0 Å². The van der Waals surface area contributed by atoms with E-state index in [1.807, 2.05) is 33.3 Å². The molecule has 1 unspecified atom stereocenters. The SMILES string of the molecule is CCn1ncc2c1C(COC)CN(C(=O)c1cccs1)C2. The number of amides is 1. The predicted molar refractivity (Wildman–Crippen MR) is 81.6 cm³/mol. The van der Waals surface area contributed by atoms with Gasteiger partial charge in [-0.15, -0.1) is 11.3 Å². The van der Waals surface area contributed by atoms with Gasteiger partial charge in [0.2, 0.25) is 0 Å². The number of rotatable bonds is 4. The fraction of sp³-hybridized carbons (Fsp3) is 0.467. The largest absolute Gasteiger partial charge is 0.384 e. The summed E-state index contributed by atoms with van der Waals surface area (Å²) in [6.07, 6.45) is 1.88. The van der Waals surface area contributed by atoms with Crippen LogP contribution in [0.15, 0.2) is 23.7 Å². The van der Waals surface area contributed by atoms with Crippen molar-refractivity contribution in [2.75, 3.05) is 20.3 Å². The Bertz CT molecular complexity index is 621. The molecule has 112 valence electrons. The molecule has 0 aliphatic carbocycles. The van der Waals surface area contributed by atoms with Gasteiger partial charge in [-0.1, -0.05) is 6.07 Å². The van der Waals surface area contributed by atoms with Gasteiger partial charge in [-0.2, -0.15) is 5.10 Å². The van der Waals surface area contributed by atoms with Crippen LogP contribution in [-0.4, -0.2) is 40.8 Å². The zero-order valence-electron chi connectivity index (χ0n) is 12.3. The molecule has 0 N–H and O–H groups in total. The molecule has 2 aromatic heterocycles. The molecule has 2 aromatic rings. The molecule has 1 aliphatic heterocycles. The Hall–Kier alpha value is -1.66. The summed E-state index contributed by atoms with van der Waals surface area (Å²) in [4.78, 5) is 15.3. The first kappa shape index (κ1) is 14.3. The number of carbonyl (C=O) groups excluding carboxylic acids is 1. The summed E-state index contributed by atoms with van der Waals surface area (Å²) in [6.45, 7) is 4.84. The average Bonchev–Trinajstić information content (AvgIpc) is 3.16. The van der Waals surface area contributed by atoms with E-state index in [0.29, 0.717) is 19.7 Å². The highest BCUT2D eigenvalue weighted by Gasteiger charge is 2.32. The van der Waals surface area contributed by atoms with Gasteiger partial charge in [0.05, 0.1) is 23.4 Å². The third-order valence-electron chi connectivity index (χ3n) is 3.84. The van der Waals surface area contributed by atoms with E-state index >= 15 is 0 Å². The lowest BCUT2D eigenvalue weighted by Crippen LogP contribution is -2.39. The molecule has 1 amide bonds. The number of nitrogens with zero attached hydrogens (tertiary/aromatic N) is 3. The van der Waals surface area contributed by atoms with Crippen molar-refractivity contribution in [2.24, 2.45) is 0 Å². The van der Waals surface area contributed by atoms with Crippen molar-refractivity contribution in [2.45, 2.75) is 25.9 Å². The minimum absolute atomic E-state index is 0.0981. The summed E-state index contributed by atoms with van der Waals surface area (Å²) in [5.41, 5.74) is 2.35. The van der Waals surface area contributed by atoms with Gasteiger partial charge in [-0.05, 0) is 18.4 Å². The number of carbonyl (C=O) groups is 1. The molecule has 0 saturated heterocycles. The quantitative estimate of drug-likeness (QED) is 0.871. The summed E-state index contributed by atoms with van der Waals surface area (Å²) in [6, 6.07) is 3.79. The molecular formula is C15H19N3O2S. The van der Waals surface area contributed by atoms with Gasteiger partial charge in [-0.25, -0.2) is 0 Å². The Balaban J connectivity index is 1.89. The fourth-order valence-corrected chi connectivity index (χ4v) is 3.64. The molecule has 6 heteroatoms. The molecule has 3 heterocycles. The van der Waals surface area contributed by atoms with Gasteiger partial charge in [0.25, 0.3) is 5.91 Å². The number of thiophene rings is 1. The number of hydrogen-bond acceptors (Lipinski definition) is 4. The summed E-state index contributed by atoms with van der Waals surface area (Å²) in [5.74, 6) is 0.283. The van der Waals surface area contributed by atoms with Crippen LogP contribution in [0.3, 0.4) is 0 Å². The summed E-state index contributed by atoms with van der Waals surface area (Å²) >= 11 is 1.49. The van der Waals surface area contributed by atoms with Gasteiger partial charge >= 0.3 is 0 Å². The maximum absolute atomic E-state index is 12.6. The zero-order chi connectivity index (χ0) is 14.8. The maximum atomic E-state index is 12.6. The zero-order valence-corrected chi connectivity index (χ0v) is 13.1. The van der Waals surface area contributed by atoms with Crippen LogP contribution in [-0.2, 0) is 17.8 Å². The highest BCUT2D eigenvalue weighted by Crippen LogP contribution is 2.30. The molecule has 0 spiro atoms. The minimum Gasteiger partial charge on any atom is -0.384 e. The van der Waals surface area contributed by atoms with Crippen molar-refractivity contribution in [3.63, 3.8) is 0 Å². The first-order valence-electron chi connectivity index (χ1n) is 7.10. The minimum atomic E-state index is 0.0981. The number of hydrogen-bond donors (Lipinski definition) is 0. The van der Waals surface area contributed by atoms with Crippen LogP contribution in [0.1, 0.15) is 33.8 Å². The van der Waals surface area contributed by atoms with Crippen LogP contribution in [0.5, 0.6) is 0 Å². The van der Waals surface area contributed by atoms with Gasteiger partial charge in [0, 0.05) is 38.2 Å². The van der Waals surface area contributed by atoms with E-state index in [0.717, 1.165) is 17.0 Å². The Labute approximate surface area is 128 Å². The molecule has 5 nitrogen and oxygen atoms in total. The first-order valence-corrected chi connectivity index (χ1v) is 7.98. The molecule has 1 atom stereocenters.